The summed E-state index contributed by atoms with van der Waals surface area (Å²) in [6.45, 7) is 9.32. The van der Waals surface area contributed by atoms with E-state index in [1.165, 1.54) is 18.9 Å². The van der Waals surface area contributed by atoms with E-state index >= 15 is 0 Å². The Morgan fingerprint density at radius 3 is 2.46 bits per heavy atom. The third-order valence-corrected chi connectivity index (χ3v) is 9.25. The minimum absolute atomic E-state index is 0. The molecule has 4 N–H and O–H groups in total. The van der Waals surface area contributed by atoms with Crippen molar-refractivity contribution in [3.63, 3.8) is 0 Å². The number of fused-ring (bicyclic) bond motifs is 2. The molecule has 1 aromatic heterocycles. The van der Waals surface area contributed by atoms with Gasteiger partial charge < -0.3 is 34.9 Å². The number of piperidine rings is 1. The van der Waals surface area contributed by atoms with Gasteiger partial charge in [0, 0.05) is 17.4 Å². The molecule has 1 saturated carbocycles. The summed E-state index contributed by atoms with van der Waals surface area (Å²) >= 11 is 0. The van der Waals surface area contributed by atoms with Gasteiger partial charge in [0.25, 0.3) is 5.91 Å². The van der Waals surface area contributed by atoms with Gasteiger partial charge in [0.15, 0.2) is 5.44 Å². The van der Waals surface area contributed by atoms with Crippen molar-refractivity contribution in [1.82, 2.24) is 20.5 Å². The molecular formula is C27H37N4NaO8S. The zero-order chi connectivity index (χ0) is 29.7. The average molecular weight is 601 g/mol. The van der Waals surface area contributed by atoms with E-state index in [0.29, 0.717) is 24.2 Å². The molecule has 2 aliphatic rings. The zero-order valence-corrected chi connectivity index (χ0v) is 27.2. The van der Waals surface area contributed by atoms with Crippen LogP contribution in [0.4, 0.5) is 0 Å². The molecule has 1 aliphatic heterocycles. The molecule has 0 radical (unpaired) electrons. The van der Waals surface area contributed by atoms with Crippen LogP contribution in [0.2, 0.25) is 0 Å². The molecule has 3 amide bonds. The first kappa shape index (κ1) is 33.3. The van der Waals surface area contributed by atoms with Gasteiger partial charge >= 0.3 is 29.6 Å². The van der Waals surface area contributed by atoms with Crippen LogP contribution in [0.5, 0.6) is 5.75 Å². The fourth-order valence-corrected chi connectivity index (χ4v) is 6.57. The van der Waals surface area contributed by atoms with E-state index in [1.807, 2.05) is 33.8 Å². The second-order valence-electron chi connectivity index (χ2n) is 11.8. The minimum Gasteiger partial charge on any atom is -0.746 e. The minimum atomic E-state index is -5.06. The van der Waals surface area contributed by atoms with E-state index in [1.54, 1.807) is 18.2 Å². The summed E-state index contributed by atoms with van der Waals surface area (Å²) in [5.41, 5.74) is -1.60. The number of amides is 3. The number of methoxy groups -OCH3 is 1. The van der Waals surface area contributed by atoms with Crippen LogP contribution in [-0.4, -0.2) is 82.9 Å². The maximum atomic E-state index is 13.9. The number of aliphatic hydroxyl groups is 1. The number of aromatic nitrogens is 1. The SMILES string of the molecule is COc1cccc2[nH]c(C(=O)N[C@@H](CC(C)C)C(=O)N3C[C@H]4[C@@H]([C@H]3C(=O)N[C@@H](C)C(O)S(=O)(=O)[O-])C4(C)C)cc12.[Na+]. The van der Waals surface area contributed by atoms with E-state index in [0.717, 1.165) is 5.39 Å². The first-order valence-electron chi connectivity index (χ1n) is 13.3. The van der Waals surface area contributed by atoms with Gasteiger partial charge in [-0.15, -0.1) is 0 Å². The molecule has 2 aromatic rings. The van der Waals surface area contributed by atoms with Gasteiger partial charge in [-0.2, -0.15) is 0 Å². The fraction of sp³-hybridized carbons (Fsp3) is 0.593. The molecule has 0 spiro atoms. The van der Waals surface area contributed by atoms with Crippen molar-refractivity contribution in [2.45, 2.75) is 64.6 Å². The van der Waals surface area contributed by atoms with Crippen LogP contribution in [0.1, 0.15) is 51.5 Å². The topological polar surface area (TPSA) is 181 Å². The molecule has 41 heavy (non-hydrogen) atoms. The maximum Gasteiger partial charge on any atom is 1.00 e. The summed E-state index contributed by atoms with van der Waals surface area (Å²) in [5.74, 6) is -1.09. The number of benzene rings is 1. The number of aromatic amines is 1. The predicted octanol–water partition coefficient (Wildman–Crippen LogP) is -1.82. The average Bonchev–Trinajstić information content (AvgIpc) is 3.25. The standard InChI is InChI=1S/C27H38N4O8S.Na/c1-13(2)10-19(30-23(32)18-11-15-17(29-18)8-7-9-20(15)39-6)25(34)31-12-16-21(27(16,4)5)22(31)24(33)28-14(3)26(35)40(36,37)38;/h7-9,11,13-14,16,19,21-22,26,29,35H,10,12H2,1-6H3,(H,28,33)(H,30,32)(H,36,37,38);/q;+1/p-1/t14-,16-,19-,21-,22-,26?;/m0./s1. The number of carbonyl (C=O) groups excluding carboxylic acids is 3. The van der Waals surface area contributed by atoms with Crippen LogP contribution in [0.15, 0.2) is 24.3 Å². The molecular weight excluding hydrogens is 563 g/mol. The van der Waals surface area contributed by atoms with Crippen LogP contribution in [-0.2, 0) is 19.7 Å². The largest absolute Gasteiger partial charge is 1.00 e. The van der Waals surface area contributed by atoms with Crippen LogP contribution < -0.4 is 44.9 Å². The number of nitrogens with zero attached hydrogens (tertiary/aromatic N) is 1. The second-order valence-corrected chi connectivity index (χ2v) is 13.3. The van der Waals surface area contributed by atoms with Crippen LogP contribution in [0.25, 0.3) is 10.9 Å². The van der Waals surface area contributed by atoms with E-state index in [-0.39, 0.29) is 58.4 Å². The molecule has 1 aliphatic carbocycles. The molecule has 1 aromatic carbocycles. The molecule has 1 unspecified atom stereocenters. The van der Waals surface area contributed by atoms with Crippen molar-refractivity contribution in [3.05, 3.63) is 30.0 Å². The molecule has 12 nitrogen and oxygen atoms in total. The Balaban J connectivity index is 0.00000462. The van der Waals surface area contributed by atoms with Gasteiger partial charge in [0.2, 0.25) is 11.8 Å². The zero-order valence-electron chi connectivity index (χ0n) is 24.4. The van der Waals surface area contributed by atoms with E-state index < -0.39 is 51.4 Å². The number of rotatable bonds is 10. The van der Waals surface area contributed by atoms with Crippen LogP contribution in [0, 0.1) is 23.2 Å². The van der Waals surface area contributed by atoms with Crippen LogP contribution >= 0.6 is 0 Å². The van der Waals surface area contributed by atoms with Crippen LogP contribution in [0.3, 0.4) is 0 Å². The first-order valence-corrected chi connectivity index (χ1v) is 14.7. The molecule has 2 fully saturated rings. The quantitative estimate of drug-likeness (QED) is 0.182. The van der Waals surface area contributed by atoms with Crippen molar-refractivity contribution in [2.75, 3.05) is 13.7 Å². The molecule has 6 atom stereocenters. The van der Waals surface area contributed by atoms with E-state index in [4.69, 9.17) is 4.74 Å². The Labute approximate surface area is 262 Å². The summed E-state index contributed by atoms with van der Waals surface area (Å²) in [6, 6.07) is 3.78. The Hall–Kier alpha value is -2.16. The van der Waals surface area contributed by atoms with Gasteiger partial charge in [-0.3, -0.25) is 14.4 Å². The Bertz CT molecular complexity index is 1430. The third kappa shape index (κ3) is 6.60. The number of carbonyl (C=O) groups is 3. The summed E-state index contributed by atoms with van der Waals surface area (Å²) in [5, 5.41) is 15.8. The monoisotopic (exact) mass is 600 g/mol. The maximum absolute atomic E-state index is 13.9. The smallest absolute Gasteiger partial charge is 0.746 e. The van der Waals surface area contributed by atoms with Gasteiger partial charge in [0.05, 0.1) is 13.2 Å². The second kappa shape index (κ2) is 12.2. The van der Waals surface area contributed by atoms with Gasteiger partial charge in [0.1, 0.15) is 33.6 Å². The summed E-state index contributed by atoms with van der Waals surface area (Å²) in [7, 11) is -3.52. The summed E-state index contributed by atoms with van der Waals surface area (Å²) < 4.78 is 39.1. The van der Waals surface area contributed by atoms with E-state index in [2.05, 4.69) is 15.6 Å². The van der Waals surface area contributed by atoms with Crippen molar-refractivity contribution < 1.29 is 66.8 Å². The van der Waals surface area contributed by atoms with Crippen molar-refractivity contribution >= 4 is 38.7 Å². The van der Waals surface area contributed by atoms with Gasteiger partial charge in [-0.05, 0) is 54.7 Å². The van der Waals surface area contributed by atoms with Gasteiger partial charge in [-0.1, -0.05) is 33.8 Å². The Morgan fingerprint density at radius 2 is 1.88 bits per heavy atom. The number of hydrogen-bond acceptors (Lipinski definition) is 8. The number of aliphatic hydroxyl groups excluding tert-OH is 1. The van der Waals surface area contributed by atoms with E-state index in [9.17, 15) is 32.5 Å². The first-order chi connectivity index (χ1) is 18.6. The molecule has 220 valence electrons. The molecule has 2 heterocycles. The number of likely N-dealkylation sites (tertiary alicyclic amines) is 1. The van der Waals surface area contributed by atoms with Gasteiger partial charge in [-0.25, -0.2) is 8.42 Å². The molecule has 1 saturated heterocycles. The predicted molar refractivity (Wildman–Crippen MR) is 145 cm³/mol. The number of H-pyrrole nitrogens is 1. The molecule has 14 heteroatoms. The summed E-state index contributed by atoms with van der Waals surface area (Å²) in [6.07, 6.45) is 0.321. The number of ether oxygens (including phenoxy) is 1. The summed E-state index contributed by atoms with van der Waals surface area (Å²) in [4.78, 5) is 45.0. The normalized spacial score (nSPS) is 23.2. The molecule has 0 bridgehead atoms. The Morgan fingerprint density at radius 1 is 1.22 bits per heavy atom. The fourth-order valence-electron chi connectivity index (χ4n) is 6.00. The number of hydrogen-bond donors (Lipinski definition) is 4. The third-order valence-electron chi connectivity index (χ3n) is 8.25. The Kier molecular flexibility index (Phi) is 9.93. The van der Waals surface area contributed by atoms with Crippen molar-refractivity contribution in [1.29, 1.82) is 0 Å². The number of nitrogens with one attached hydrogen (secondary N) is 3. The molecule has 4 rings (SSSR count). The van der Waals surface area contributed by atoms with Crippen molar-refractivity contribution in [3.8, 4) is 5.75 Å². The van der Waals surface area contributed by atoms with Crippen molar-refractivity contribution in [2.24, 2.45) is 23.2 Å².